The van der Waals surface area contributed by atoms with Crippen LogP contribution in [0, 0.1) is 36.8 Å². The molecule has 0 saturated heterocycles. The molecule has 180 valence electrons. The number of carbonyl (C=O) groups is 3. The summed E-state index contributed by atoms with van der Waals surface area (Å²) in [6, 6.07) is 0. The number of nitrogens with zero attached hydrogens (tertiary/aromatic N) is 3. The number of amides is 1. The van der Waals surface area contributed by atoms with E-state index in [0.717, 1.165) is 11.3 Å². The fourth-order valence-electron chi connectivity index (χ4n) is 3.22. The van der Waals surface area contributed by atoms with Gasteiger partial charge in [-0.3, -0.25) is 19.6 Å². The molecule has 0 aliphatic rings. The van der Waals surface area contributed by atoms with Gasteiger partial charge >= 0.3 is 17.6 Å². The number of aryl methyl sites for hydroxylation is 1. The van der Waals surface area contributed by atoms with Gasteiger partial charge in [-0.2, -0.15) is 5.10 Å². The van der Waals surface area contributed by atoms with Crippen molar-refractivity contribution < 1.29 is 28.8 Å². The molecule has 2 heterocycles. The molecule has 2 aromatic rings. The van der Waals surface area contributed by atoms with Gasteiger partial charge in [0.25, 0.3) is 0 Å². The number of aromatic nitrogens is 2. The number of thiophene rings is 1. The van der Waals surface area contributed by atoms with Crippen molar-refractivity contribution in [2.45, 2.75) is 61.1 Å². The normalized spacial score (nSPS) is 11.9. The topological polar surface area (TPSA) is 143 Å². The summed E-state index contributed by atoms with van der Waals surface area (Å²) in [6.45, 7) is 11.6. The SMILES string of the molecule is CCOC(=O)c1sc(NC(=O)C(C)Cn2nc(C)c([N+](=O)[O-])c2C)c(C(=O)OC(C)C)c1C. The fraction of sp³-hybridized carbons (Fsp3) is 0.524. The number of anilines is 1. The van der Waals surface area contributed by atoms with E-state index in [2.05, 4.69) is 10.4 Å². The lowest BCUT2D eigenvalue weighted by Gasteiger charge is -2.14. The number of rotatable bonds is 9. The Labute approximate surface area is 195 Å². The van der Waals surface area contributed by atoms with Crippen molar-refractivity contribution in [3.8, 4) is 0 Å². The highest BCUT2D eigenvalue weighted by Gasteiger charge is 2.29. The molecule has 11 nitrogen and oxygen atoms in total. The third-order valence-corrected chi connectivity index (χ3v) is 6.00. The largest absolute Gasteiger partial charge is 0.462 e. The summed E-state index contributed by atoms with van der Waals surface area (Å²) >= 11 is 0.936. The second-order valence-corrected chi connectivity index (χ2v) is 8.80. The molecular weight excluding hydrogens is 452 g/mol. The Morgan fingerprint density at radius 2 is 1.82 bits per heavy atom. The minimum absolute atomic E-state index is 0.0886. The molecule has 1 atom stereocenters. The summed E-state index contributed by atoms with van der Waals surface area (Å²) in [4.78, 5) is 48.8. The van der Waals surface area contributed by atoms with Crippen LogP contribution in [-0.2, 0) is 20.8 Å². The maximum atomic E-state index is 12.9. The number of nitrogens with one attached hydrogen (secondary N) is 1. The van der Waals surface area contributed by atoms with Crippen molar-refractivity contribution in [3.63, 3.8) is 0 Å². The molecule has 0 aliphatic carbocycles. The lowest BCUT2D eigenvalue weighted by molar-refractivity contribution is -0.386. The molecule has 2 aromatic heterocycles. The number of hydrogen-bond donors (Lipinski definition) is 1. The van der Waals surface area contributed by atoms with Crippen LogP contribution in [0.1, 0.15) is 64.7 Å². The minimum Gasteiger partial charge on any atom is -0.462 e. The molecule has 1 N–H and O–H groups in total. The van der Waals surface area contributed by atoms with Gasteiger partial charge in [0.05, 0.1) is 35.7 Å². The zero-order valence-corrected chi connectivity index (χ0v) is 20.5. The van der Waals surface area contributed by atoms with E-state index in [-0.39, 0.29) is 40.0 Å². The number of carbonyl (C=O) groups excluding carboxylic acids is 3. The van der Waals surface area contributed by atoms with Gasteiger partial charge in [-0.25, -0.2) is 9.59 Å². The van der Waals surface area contributed by atoms with Crippen LogP contribution in [0.15, 0.2) is 0 Å². The molecule has 0 bridgehead atoms. The molecule has 0 saturated carbocycles. The van der Waals surface area contributed by atoms with Crippen LogP contribution >= 0.6 is 11.3 Å². The van der Waals surface area contributed by atoms with E-state index in [9.17, 15) is 24.5 Å². The number of nitro groups is 1. The second kappa shape index (κ2) is 10.6. The highest BCUT2D eigenvalue weighted by molar-refractivity contribution is 7.18. The van der Waals surface area contributed by atoms with Crippen LogP contribution < -0.4 is 5.32 Å². The Bertz CT molecular complexity index is 1090. The predicted octanol–water partition coefficient (Wildman–Crippen LogP) is 3.79. The minimum atomic E-state index is -0.661. The Kier molecular flexibility index (Phi) is 8.31. The summed E-state index contributed by atoms with van der Waals surface area (Å²) in [5.74, 6) is -2.35. The number of hydrogen-bond acceptors (Lipinski definition) is 9. The summed E-state index contributed by atoms with van der Waals surface area (Å²) in [7, 11) is 0. The van der Waals surface area contributed by atoms with E-state index in [0.29, 0.717) is 11.3 Å². The second-order valence-electron chi connectivity index (χ2n) is 7.78. The molecule has 0 aliphatic heterocycles. The molecule has 1 amide bonds. The standard InChI is InChI=1S/C21H28N4O7S/c1-8-31-21(28)17-12(5)15(20(27)32-10(2)3)19(33-17)22-18(26)11(4)9-24-14(7)16(25(29)30)13(6)23-24/h10-11H,8-9H2,1-7H3,(H,22,26). The van der Waals surface area contributed by atoms with E-state index in [1.165, 1.54) is 11.6 Å². The van der Waals surface area contributed by atoms with Crippen LogP contribution in [0.5, 0.6) is 0 Å². The zero-order valence-electron chi connectivity index (χ0n) is 19.7. The van der Waals surface area contributed by atoms with Crippen molar-refractivity contribution in [1.82, 2.24) is 9.78 Å². The molecule has 33 heavy (non-hydrogen) atoms. The van der Waals surface area contributed by atoms with Gasteiger partial charge in [0, 0.05) is 0 Å². The van der Waals surface area contributed by atoms with E-state index >= 15 is 0 Å². The van der Waals surface area contributed by atoms with Gasteiger partial charge in [-0.15, -0.1) is 11.3 Å². The van der Waals surface area contributed by atoms with Gasteiger partial charge in [-0.05, 0) is 47.1 Å². The number of ether oxygens (including phenoxy) is 2. The zero-order chi connectivity index (χ0) is 25.0. The van der Waals surface area contributed by atoms with Crippen molar-refractivity contribution in [3.05, 3.63) is 37.5 Å². The Morgan fingerprint density at radius 3 is 2.33 bits per heavy atom. The molecule has 0 spiro atoms. The van der Waals surface area contributed by atoms with Gasteiger partial charge in [-0.1, -0.05) is 6.92 Å². The fourth-order valence-corrected chi connectivity index (χ4v) is 4.31. The maximum absolute atomic E-state index is 12.9. The Hall–Kier alpha value is -3.28. The van der Waals surface area contributed by atoms with E-state index in [1.54, 1.807) is 41.5 Å². The maximum Gasteiger partial charge on any atom is 0.348 e. The monoisotopic (exact) mass is 480 g/mol. The molecule has 0 fully saturated rings. The average molecular weight is 481 g/mol. The summed E-state index contributed by atoms with van der Waals surface area (Å²) in [5.41, 5.74) is 0.973. The molecule has 12 heteroatoms. The summed E-state index contributed by atoms with van der Waals surface area (Å²) < 4.78 is 11.8. The van der Waals surface area contributed by atoms with E-state index in [4.69, 9.17) is 9.47 Å². The molecule has 0 aromatic carbocycles. The highest BCUT2D eigenvalue weighted by atomic mass is 32.1. The molecular formula is C21H28N4O7S. The van der Waals surface area contributed by atoms with Crippen molar-refractivity contribution in [1.29, 1.82) is 0 Å². The van der Waals surface area contributed by atoms with Crippen molar-refractivity contribution >= 4 is 39.9 Å². The molecule has 1 unspecified atom stereocenters. The third-order valence-electron chi connectivity index (χ3n) is 4.81. The Balaban J connectivity index is 2.32. The Morgan fingerprint density at radius 1 is 1.18 bits per heavy atom. The average Bonchev–Trinajstić information content (AvgIpc) is 3.16. The van der Waals surface area contributed by atoms with Crippen LogP contribution in [0.25, 0.3) is 0 Å². The van der Waals surface area contributed by atoms with Crippen LogP contribution in [0.2, 0.25) is 0 Å². The first-order chi connectivity index (χ1) is 15.4. The van der Waals surface area contributed by atoms with Gasteiger partial charge in [0.15, 0.2) is 0 Å². The summed E-state index contributed by atoms with van der Waals surface area (Å²) in [5, 5.41) is 18.3. The van der Waals surface area contributed by atoms with E-state index in [1.807, 2.05) is 0 Å². The van der Waals surface area contributed by atoms with Gasteiger partial charge < -0.3 is 14.8 Å². The quantitative estimate of drug-likeness (QED) is 0.324. The van der Waals surface area contributed by atoms with Crippen LogP contribution in [-0.4, -0.2) is 45.3 Å². The smallest absolute Gasteiger partial charge is 0.348 e. The lowest BCUT2D eigenvalue weighted by Crippen LogP contribution is -2.26. The number of esters is 2. The van der Waals surface area contributed by atoms with Crippen LogP contribution in [0.3, 0.4) is 0 Å². The molecule has 2 rings (SSSR count). The van der Waals surface area contributed by atoms with Crippen molar-refractivity contribution in [2.24, 2.45) is 5.92 Å². The first-order valence-corrected chi connectivity index (χ1v) is 11.2. The predicted molar refractivity (Wildman–Crippen MR) is 122 cm³/mol. The van der Waals surface area contributed by atoms with Gasteiger partial charge in [0.1, 0.15) is 21.3 Å². The summed E-state index contributed by atoms with van der Waals surface area (Å²) in [6.07, 6.45) is -0.396. The molecule has 0 radical (unpaired) electrons. The lowest BCUT2D eigenvalue weighted by atomic mass is 10.1. The van der Waals surface area contributed by atoms with Gasteiger partial charge in [0.2, 0.25) is 5.91 Å². The third kappa shape index (κ3) is 5.75. The first kappa shape index (κ1) is 26.0. The van der Waals surface area contributed by atoms with Crippen LogP contribution in [0.4, 0.5) is 10.7 Å². The van der Waals surface area contributed by atoms with E-state index < -0.39 is 34.8 Å². The highest BCUT2D eigenvalue weighted by Crippen LogP contribution is 2.35. The first-order valence-electron chi connectivity index (χ1n) is 10.4. The van der Waals surface area contributed by atoms with Crippen molar-refractivity contribution in [2.75, 3.05) is 11.9 Å².